The summed E-state index contributed by atoms with van der Waals surface area (Å²) in [5.41, 5.74) is 2.78. The molecule has 1 rings (SSSR count). The Hall–Kier alpha value is -1.65. The topological polar surface area (TPSA) is 55.8 Å². The number of carbonyl (C=O) groups is 1. The number of aliphatic carboxylic acids is 1. The van der Waals surface area contributed by atoms with Gasteiger partial charge in [0.05, 0.1) is 13.2 Å². The lowest BCUT2D eigenvalue weighted by Crippen LogP contribution is -1.96. The molecule has 0 spiro atoms. The standard InChI is InChI=1S/C13H16O4/c1-16-8-10-3-4-12(9-17-2)11(7-10)5-6-13(14)15/h3-7H,8-9H2,1-2H3,(H,14,15). The van der Waals surface area contributed by atoms with Crippen LogP contribution in [-0.4, -0.2) is 25.3 Å². The van der Waals surface area contributed by atoms with Crippen LogP contribution < -0.4 is 0 Å². The van der Waals surface area contributed by atoms with Crippen molar-refractivity contribution >= 4 is 12.0 Å². The molecule has 0 aliphatic carbocycles. The van der Waals surface area contributed by atoms with Crippen LogP contribution in [0.2, 0.25) is 0 Å². The quantitative estimate of drug-likeness (QED) is 0.768. The minimum atomic E-state index is -0.967. The molecule has 0 aliphatic rings. The maximum absolute atomic E-state index is 10.5. The van der Waals surface area contributed by atoms with Gasteiger partial charge < -0.3 is 14.6 Å². The Labute approximate surface area is 100 Å². The van der Waals surface area contributed by atoms with E-state index in [0.29, 0.717) is 13.2 Å². The van der Waals surface area contributed by atoms with Crippen LogP contribution in [-0.2, 0) is 27.5 Å². The van der Waals surface area contributed by atoms with Crippen molar-refractivity contribution in [2.24, 2.45) is 0 Å². The second-order valence-corrected chi connectivity index (χ2v) is 3.57. The van der Waals surface area contributed by atoms with Crippen LogP contribution in [0.25, 0.3) is 6.08 Å². The number of carboxylic acids is 1. The number of carboxylic acid groups (broad SMARTS) is 1. The third-order valence-corrected chi connectivity index (χ3v) is 2.23. The van der Waals surface area contributed by atoms with Gasteiger partial charge in [0, 0.05) is 20.3 Å². The van der Waals surface area contributed by atoms with Crippen LogP contribution in [0.1, 0.15) is 16.7 Å². The van der Waals surface area contributed by atoms with Gasteiger partial charge in [0.1, 0.15) is 0 Å². The first kappa shape index (κ1) is 13.4. The summed E-state index contributed by atoms with van der Waals surface area (Å²) in [7, 11) is 3.23. The maximum Gasteiger partial charge on any atom is 0.328 e. The molecule has 0 aromatic heterocycles. The molecular formula is C13H16O4. The molecule has 0 saturated carbocycles. The monoisotopic (exact) mass is 236 g/mol. The van der Waals surface area contributed by atoms with E-state index in [2.05, 4.69) is 0 Å². The van der Waals surface area contributed by atoms with Gasteiger partial charge in [-0.15, -0.1) is 0 Å². The van der Waals surface area contributed by atoms with Crippen LogP contribution in [0.3, 0.4) is 0 Å². The van der Waals surface area contributed by atoms with Gasteiger partial charge in [-0.2, -0.15) is 0 Å². The van der Waals surface area contributed by atoms with Crippen molar-refractivity contribution in [3.8, 4) is 0 Å². The minimum absolute atomic E-state index is 0.451. The van der Waals surface area contributed by atoms with Gasteiger partial charge in [-0.3, -0.25) is 0 Å². The third-order valence-electron chi connectivity index (χ3n) is 2.23. The van der Waals surface area contributed by atoms with Crippen LogP contribution in [0.15, 0.2) is 24.3 Å². The SMILES string of the molecule is COCc1ccc(COC)c(C=CC(=O)O)c1. The summed E-state index contributed by atoms with van der Waals surface area (Å²) < 4.78 is 10.1. The first-order chi connectivity index (χ1) is 8.17. The number of benzene rings is 1. The van der Waals surface area contributed by atoms with Gasteiger partial charge in [-0.05, 0) is 28.8 Å². The van der Waals surface area contributed by atoms with Crippen molar-refractivity contribution in [3.05, 3.63) is 41.0 Å². The number of ether oxygens (including phenoxy) is 2. The zero-order valence-corrected chi connectivity index (χ0v) is 9.97. The summed E-state index contributed by atoms with van der Waals surface area (Å²) in [6, 6.07) is 5.76. The molecule has 0 atom stereocenters. The molecule has 0 saturated heterocycles. The predicted octanol–water partition coefficient (Wildman–Crippen LogP) is 2.08. The Morgan fingerprint density at radius 3 is 2.59 bits per heavy atom. The Kier molecular flexibility index (Phi) is 5.39. The average molecular weight is 236 g/mol. The highest BCUT2D eigenvalue weighted by Crippen LogP contribution is 2.15. The predicted molar refractivity (Wildman–Crippen MR) is 64.5 cm³/mol. The van der Waals surface area contributed by atoms with E-state index in [-0.39, 0.29) is 0 Å². The fourth-order valence-corrected chi connectivity index (χ4v) is 1.50. The molecule has 4 nitrogen and oxygen atoms in total. The summed E-state index contributed by atoms with van der Waals surface area (Å²) in [6.07, 6.45) is 2.68. The highest BCUT2D eigenvalue weighted by atomic mass is 16.5. The summed E-state index contributed by atoms with van der Waals surface area (Å²) in [6.45, 7) is 0.952. The molecule has 0 aliphatic heterocycles. The molecule has 0 bridgehead atoms. The van der Waals surface area contributed by atoms with E-state index in [1.165, 1.54) is 0 Å². The van der Waals surface area contributed by atoms with Crippen LogP contribution >= 0.6 is 0 Å². The summed E-state index contributed by atoms with van der Waals surface area (Å²) in [5, 5.41) is 8.63. The van der Waals surface area contributed by atoms with Gasteiger partial charge in [-0.1, -0.05) is 12.1 Å². The second kappa shape index (κ2) is 6.83. The molecule has 0 unspecified atom stereocenters. The first-order valence-corrected chi connectivity index (χ1v) is 5.18. The largest absolute Gasteiger partial charge is 0.478 e. The smallest absolute Gasteiger partial charge is 0.328 e. The lowest BCUT2D eigenvalue weighted by atomic mass is 10.0. The number of hydrogen-bond acceptors (Lipinski definition) is 3. The van der Waals surface area contributed by atoms with E-state index in [1.807, 2.05) is 18.2 Å². The average Bonchev–Trinajstić information content (AvgIpc) is 2.29. The van der Waals surface area contributed by atoms with E-state index in [9.17, 15) is 4.79 Å². The van der Waals surface area contributed by atoms with Crippen molar-refractivity contribution in [1.29, 1.82) is 0 Å². The normalized spacial score (nSPS) is 10.9. The molecule has 4 heteroatoms. The van der Waals surface area contributed by atoms with E-state index in [4.69, 9.17) is 14.6 Å². The highest BCUT2D eigenvalue weighted by Gasteiger charge is 2.02. The van der Waals surface area contributed by atoms with Crippen molar-refractivity contribution in [2.75, 3.05) is 14.2 Å². The number of methoxy groups -OCH3 is 2. The molecule has 0 heterocycles. The zero-order chi connectivity index (χ0) is 12.7. The van der Waals surface area contributed by atoms with Gasteiger partial charge in [0.25, 0.3) is 0 Å². The molecule has 0 fully saturated rings. The van der Waals surface area contributed by atoms with Gasteiger partial charge in [0.2, 0.25) is 0 Å². The van der Waals surface area contributed by atoms with Gasteiger partial charge in [-0.25, -0.2) is 4.79 Å². The molecule has 0 amide bonds. The number of rotatable bonds is 6. The number of hydrogen-bond donors (Lipinski definition) is 1. The first-order valence-electron chi connectivity index (χ1n) is 5.18. The Morgan fingerprint density at radius 2 is 2.00 bits per heavy atom. The van der Waals surface area contributed by atoms with Crippen LogP contribution in [0, 0.1) is 0 Å². The highest BCUT2D eigenvalue weighted by molar-refractivity contribution is 5.85. The Morgan fingerprint density at radius 1 is 1.29 bits per heavy atom. The van der Waals surface area contributed by atoms with E-state index in [1.54, 1.807) is 20.3 Å². The Balaban J connectivity index is 3.01. The molecule has 0 radical (unpaired) electrons. The summed E-state index contributed by atoms with van der Waals surface area (Å²) >= 11 is 0. The van der Waals surface area contributed by atoms with Gasteiger partial charge in [0.15, 0.2) is 0 Å². The van der Waals surface area contributed by atoms with E-state index < -0.39 is 5.97 Å². The fourth-order valence-electron chi connectivity index (χ4n) is 1.50. The summed E-state index contributed by atoms with van der Waals surface area (Å²) in [4.78, 5) is 10.5. The minimum Gasteiger partial charge on any atom is -0.478 e. The molecule has 1 aromatic rings. The lowest BCUT2D eigenvalue weighted by molar-refractivity contribution is -0.131. The van der Waals surface area contributed by atoms with Crippen molar-refractivity contribution in [1.82, 2.24) is 0 Å². The molecular weight excluding hydrogens is 220 g/mol. The zero-order valence-electron chi connectivity index (χ0n) is 9.97. The molecule has 1 N–H and O–H groups in total. The second-order valence-electron chi connectivity index (χ2n) is 3.57. The van der Waals surface area contributed by atoms with Crippen LogP contribution in [0.5, 0.6) is 0 Å². The molecule has 92 valence electrons. The van der Waals surface area contributed by atoms with Crippen molar-refractivity contribution < 1.29 is 19.4 Å². The fraction of sp³-hybridized carbons (Fsp3) is 0.308. The lowest BCUT2D eigenvalue weighted by Gasteiger charge is -2.07. The van der Waals surface area contributed by atoms with E-state index in [0.717, 1.165) is 22.8 Å². The van der Waals surface area contributed by atoms with Crippen molar-refractivity contribution in [2.45, 2.75) is 13.2 Å². The van der Waals surface area contributed by atoms with Crippen LogP contribution in [0.4, 0.5) is 0 Å². The maximum atomic E-state index is 10.5. The molecule has 17 heavy (non-hydrogen) atoms. The molecule has 1 aromatic carbocycles. The Bertz CT molecular complexity index is 410. The van der Waals surface area contributed by atoms with Crippen molar-refractivity contribution in [3.63, 3.8) is 0 Å². The van der Waals surface area contributed by atoms with E-state index >= 15 is 0 Å². The summed E-state index contributed by atoms with van der Waals surface area (Å²) in [5.74, 6) is -0.967. The van der Waals surface area contributed by atoms with Gasteiger partial charge >= 0.3 is 5.97 Å². The third kappa shape index (κ3) is 4.38.